The number of ether oxygens (including phenoxy) is 1. The van der Waals surface area contributed by atoms with Crippen LogP contribution in [0.2, 0.25) is 0 Å². The molecule has 1 aromatic heterocycles. The van der Waals surface area contributed by atoms with Gasteiger partial charge in [0, 0.05) is 5.56 Å². The SMILES string of the molecule is CC[C@H]1Oc2ccc(C(=O)c3ccco3)cc2NC1=O. The third kappa shape index (κ3) is 2.07. The van der Waals surface area contributed by atoms with Crippen LogP contribution in [-0.2, 0) is 4.79 Å². The number of rotatable bonds is 3. The number of hydrogen-bond donors (Lipinski definition) is 1. The summed E-state index contributed by atoms with van der Waals surface area (Å²) in [5.41, 5.74) is 0.953. The predicted octanol–water partition coefficient (Wildman–Crippen LogP) is 2.62. The molecular weight excluding hydrogens is 258 g/mol. The topological polar surface area (TPSA) is 68.5 Å². The summed E-state index contributed by atoms with van der Waals surface area (Å²) < 4.78 is 10.7. The van der Waals surface area contributed by atoms with E-state index in [0.29, 0.717) is 23.4 Å². The summed E-state index contributed by atoms with van der Waals surface area (Å²) in [6.07, 6.45) is 1.56. The fourth-order valence-corrected chi connectivity index (χ4v) is 2.11. The van der Waals surface area contributed by atoms with Crippen molar-refractivity contribution in [3.8, 4) is 5.75 Å². The second-order valence-electron chi connectivity index (χ2n) is 4.52. The van der Waals surface area contributed by atoms with Crippen LogP contribution < -0.4 is 10.1 Å². The van der Waals surface area contributed by atoms with Gasteiger partial charge in [-0.05, 0) is 36.8 Å². The molecule has 0 saturated carbocycles. The van der Waals surface area contributed by atoms with Gasteiger partial charge in [0.25, 0.3) is 5.91 Å². The largest absolute Gasteiger partial charge is 0.478 e. The molecule has 1 aromatic carbocycles. The lowest BCUT2D eigenvalue weighted by molar-refractivity contribution is -0.123. The second-order valence-corrected chi connectivity index (χ2v) is 4.52. The van der Waals surface area contributed by atoms with Gasteiger partial charge in [-0.2, -0.15) is 0 Å². The van der Waals surface area contributed by atoms with Crippen molar-refractivity contribution < 1.29 is 18.7 Å². The van der Waals surface area contributed by atoms with Gasteiger partial charge in [0.05, 0.1) is 12.0 Å². The molecule has 1 aliphatic rings. The summed E-state index contributed by atoms with van der Waals surface area (Å²) in [4.78, 5) is 23.9. The van der Waals surface area contributed by atoms with E-state index in [2.05, 4.69) is 5.32 Å². The first-order valence-corrected chi connectivity index (χ1v) is 6.39. The molecule has 0 radical (unpaired) electrons. The van der Waals surface area contributed by atoms with Gasteiger partial charge < -0.3 is 14.5 Å². The van der Waals surface area contributed by atoms with Gasteiger partial charge in [0.15, 0.2) is 11.9 Å². The molecule has 3 rings (SSSR count). The van der Waals surface area contributed by atoms with Crippen LogP contribution in [0.15, 0.2) is 41.0 Å². The van der Waals surface area contributed by atoms with E-state index in [1.54, 1.807) is 30.3 Å². The molecule has 1 amide bonds. The molecule has 5 heteroatoms. The van der Waals surface area contributed by atoms with Crippen molar-refractivity contribution in [2.45, 2.75) is 19.4 Å². The number of carbonyl (C=O) groups excluding carboxylic acids is 2. The standard InChI is InChI=1S/C15H13NO4/c1-2-11-15(18)16-10-8-9(5-6-12(10)20-11)14(17)13-4-3-7-19-13/h3-8,11H,2H2,1H3,(H,16,18)/t11-/m1/s1. The van der Waals surface area contributed by atoms with Crippen molar-refractivity contribution in [3.05, 3.63) is 47.9 Å². The highest BCUT2D eigenvalue weighted by Gasteiger charge is 2.26. The van der Waals surface area contributed by atoms with Crippen molar-refractivity contribution >= 4 is 17.4 Å². The zero-order valence-corrected chi connectivity index (χ0v) is 10.9. The second kappa shape index (κ2) is 4.85. The fraction of sp³-hybridized carbons (Fsp3) is 0.200. The van der Waals surface area contributed by atoms with Crippen LogP contribution >= 0.6 is 0 Å². The lowest BCUT2D eigenvalue weighted by Gasteiger charge is -2.25. The quantitative estimate of drug-likeness (QED) is 0.871. The number of fused-ring (bicyclic) bond motifs is 1. The van der Waals surface area contributed by atoms with Crippen LogP contribution in [0.4, 0.5) is 5.69 Å². The minimum absolute atomic E-state index is 0.192. The third-order valence-corrected chi connectivity index (χ3v) is 3.18. The summed E-state index contributed by atoms with van der Waals surface area (Å²) >= 11 is 0. The van der Waals surface area contributed by atoms with Gasteiger partial charge in [-0.15, -0.1) is 0 Å². The number of nitrogens with one attached hydrogen (secondary N) is 1. The number of ketones is 1. The number of anilines is 1. The summed E-state index contributed by atoms with van der Waals surface area (Å²) in [6.45, 7) is 1.88. The average molecular weight is 271 g/mol. The molecule has 0 bridgehead atoms. The minimum Gasteiger partial charge on any atom is -0.478 e. The highest BCUT2D eigenvalue weighted by Crippen LogP contribution is 2.31. The van der Waals surface area contributed by atoms with E-state index in [1.807, 2.05) is 6.92 Å². The zero-order chi connectivity index (χ0) is 14.1. The van der Waals surface area contributed by atoms with Crippen LogP contribution in [0.5, 0.6) is 5.75 Å². The first kappa shape index (κ1) is 12.5. The van der Waals surface area contributed by atoms with Crippen LogP contribution in [0.1, 0.15) is 29.5 Å². The van der Waals surface area contributed by atoms with E-state index in [-0.39, 0.29) is 17.5 Å². The van der Waals surface area contributed by atoms with E-state index in [4.69, 9.17) is 9.15 Å². The van der Waals surface area contributed by atoms with Gasteiger partial charge in [-0.3, -0.25) is 9.59 Å². The van der Waals surface area contributed by atoms with E-state index >= 15 is 0 Å². The molecule has 2 aromatic rings. The van der Waals surface area contributed by atoms with Crippen LogP contribution in [-0.4, -0.2) is 17.8 Å². The summed E-state index contributed by atoms with van der Waals surface area (Å²) in [5.74, 6) is 0.416. The van der Waals surface area contributed by atoms with E-state index in [9.17, 15) is 9.59 Å². The van der Waals surface area contributed by atoms with Crippen molar-refractivity contribution in [1.29, 1.82) is 0 Å². The van der Waals surface area contributed by atoms with Gasteiger partial charge in [-0.1, -0.05) is 6.92 Å². The molecular formula is C15H13NO4. The van der Waals surface area contributed by atoms with Gasteiger partial charge in [-0.25, -0.2) is 0 Å². The van der Waals surface area contributed by atoms with Crippen LogP contribution in [0.25, 0.3) is 0 Å². The molecule has 0 aliphatic carbocycles. The number of carbonyl (C=O) groups is 2. The molecule has 1 atom stereocenters. The van der Waals surface area contributed by atoms with Crippen molar-refractivity contribution in [3.63, 3.8) is 0 Å². The monoisotopic (exact) mass is 271 g/mol. The molecule has 0 saturated heterocycles. The number of furan rings is 1. The van der Waals surface area contributed by atoms with Gasteiger partial charge >= 0.3 is 0 Å². The Kier molecular flexibility index (Phi) is 3.02. The molecule has 0 spiro atoms. The first-order valence-electron chi connectivity index (χ1n) is 6.39. The third-order valence-electron chi connectivity index (χ3n) is 3.18. The molecule has 2 heterocycles. The number of hydrogen-bond acceptors (Lipinski definition) is 4. The van der Waals surface area contributed by atoms with Gasteiger partial charge in [0.1, 0.15) is 5.75 Å². The van der Waals surface area contributed by atoms with Crippen molar-refractivity contribution in [2.24, 2.45) is 0 Å². The molecule has 5 nitrogen and oxygen atoms in total. The van der Waals surface area contributed by atoms with Crippen molar-refractivity contribution in [1.82, 2.24) is 0 Å². The Morgan fingerprint density at radius 1 is 1.35 bits per heavy atom. The predicted molar refractivity (Wildman–Crippen MR) is 71.9 cm³/mol. The van der Waals surface area contributed by atoms with E-state index < -0.39 is 6.10 Å². The Hall–Kier alpha value is -2.56. The number of benzene rings is 1. The first-order chi connectivity index (χ1) is 9.69. The lowest BCUT2D eigenvalue weighted by Crippen LogP contribution is -2.36. The lowest BCUT2D eigenvalue weighted by atomic mass is 10.1. The maximum absolute atomic E-state index is 12.1. The summed E-state index contributed by atoms with van der Waals surface area (Å²) in [7, 11) is 0. The molecule has 20 heavy (non-hydrogen) atoms. The Morgan fingerprint density at radius 3 is 2.90 bits per heavy atom. The summed E-state index contributed by atoms with van der Waals surface area (Å²) in [6, 6.07) is 8.21. The van der Waals surface area contributed by atoms with E-state index in [0.717, 1.165) is 0 Å². The van der Waals surface area contributed by atoms with Gasteiger partial charge in [0.2, 0.25) is 5.78 Å². The number of amides is 1. The summed E-state index contributed by atoms with van der Waals surface area (Å²) in [5, 5.41) is 2.75. The zero-order valence-electron chi connectivity index (χ0n) is 10.9. The smallest absolute Gasteiger partial charge is 0.265 e. The molecule has 1 aliphatic heterocycles. The molecule has 0 fully saturated rings. The Morgan fingerprint density at radius 2 is 2.20 bits per heavy atom. The maximum Gasteiger partial charge on any atom is 0.265 e. The fourth-order valence-electron chi connectivity index (χ4n) is 2.11. The Labute approximate surface area is 115 Å². The normalized spacial score (nSPS) is 17.1. The minimum atomic E-state index is -0.478. The highest BCUT2D eigenvalue weighted by atomic mass is 16.5. The Bertz CT molecular complexity index is 661. The van der Waals surface area contributed by atoms with Crippen LogP contribution in [0, 0.1) is 0 Å². The molecule has 102 valence electrons. The maximum atomic E-state index is 12.1. The highest BCUT2D eigenvalue weighted by molar-refractivity contribution is 6.08. The Balaban J connectivity index is 1.93. The molecule has 0 unspecified atom stereocenters. The van der Waals surface area contributed by atoms with Crippen molar-refractivity contribution in [2.75, 3.05) is 5.32 Å². The average Bonchev–Trinajstić information content (AvgIpc) is 2.99. The molecule has 1 N–H and O–H groups in total. The van der Waals surface area contributed by atoms with Crippen LogP contribution in [0.3, 0.4) is 0 Å². The van der Waals surface area contributed by atoms with E-state index in [1.165, 1.54) is 6.26 Å².